The number of fused-ring (bicyclic) bond motifs is 1. The number of hydrogen-bond acceptors (Lipinski definition) is 6. The van der Waals surface area contributed by atoms with Gasteiger partial charge in [0.05, 0.1) is 4.90 Å². The maximum Gasteiger partial charge on any atom is 0.264 e. The van der Waals surface area contributed by atoms with E-state index in [1.165, 1.54) is 36.4 Å². The van der Waals surface area contributed by atoms with Crippen LogP contribution in [0.15, 0.2) is 82.6 Å². The van der Waals surface area contributed by atoms with E-state index in [0.717, 1.165) is 16.9 Å². The smallest absolute Gasteiger partial charge is 0.264 e. The lowest BCUT2D eigenvalue weighted by atomic mass is 10.2. The van der Waals surface area contributed by atoms with E-state index in [4.69, 9.17) is 0 Å². The zero-order valence-corrected chi connectivity index (χ0v) is 19.2. The molecule has 4 rings (SSSR count). The predicted molar refractivity (Wildman–Crippen MR) is 126 cm³/mol. The van der Waals surface area contributed by atoms with Gasteiger partial charge in [-0.3, -0.25) is 9.44 Å². The molecule has 1 aromatic heterocycles. The van der Waals surface area contributed by atoms with Crippen LogP contribution in [-0.4, -0.2) is 16.8 Å². The Labute approximate surface area is 190 Å². The number of benzene rings is 3. The van der Waals surface area contributed by atoms with Crippen LogP contribution in [0.2, 0.25) is 0 Å². The largest absolute Gasteiger partial charge is 0.280 e. The number of aryl methyl sites for hydroxylation is 1. The molecule has 0 unspecified atom stereocenters. The Balaban J connectivity index is 1.58. The Bertz CT molecular complexity index is 1550. The Hall–Kier alpha value is -3.39. The summed E-state index contributed by atoms with van der Waals surface area (Å²) >= 11 is 1.11. The molecule has 10 heteroatoms. The molecule has 7 nitrogen and oxygen atoms in total. The van der Waals surface area contributed by atoms with E-state index in [9.17, 15) is 22.1 Å². The van der Waals surface area contributed by atoms with E-state index >= 15 is 0 Å². The van der Waals surface area contributed by atoms with Crippen LogP contribution >= 0.6 is 11.3 Å². The third kappa shape index (κ3) is 4.31. The maximum atomic E-state index is 13.0. The highest BCUT2D eigenvalue weighted by Gasteiger charge is 2.25. The van der Waals surface area contributed by atoms with Crippen LogP contribution in [0, 0.1) is 18.3 Å². The minimum atomic E-state index is -4.04. The predicted octanol–water partition coefficient (Wildman–Crippen LogP) is 4.68. The number of sulfonamides is 2. The summed E-state index contributed by atoms with van der Waals surface area (Å²) in [5, 5.41) is 9.88. The zero-order chi connectivity index (χ0) is 22.9. The van der Waals surface area contributed by atoms with Crippen molar-refractivity contribution in [3.05, 3.63) is 83.2 Å². The van der Waals surface area contributed by atoms with Gasteiger partial charge in [-0.2, -0.15) is 5.26 Å². The van der Waals surface area contributed by atoms with Gasteiger partial charge in [-0.05, 0) is 49.4 Å². The van der Waals surface area contributed by atoms with Crippen LogP contribution in [0.1, 0.15) is 10.4 Å². The third-order valence-electron chi connectivity index (χ3n) is 4.64. The fourth-order valence-corrected chi connectivity index (χ4v) is 6.88. The highest BCUT2D eigenvalue weighted by atomic mass is 32.2. The summed E-state index contributed by atoms with van der Waals surface area (Å²) in [6, 6.07) is 21.1. The average Bonchev–Trinajstić information content (AvgIpc) is 3.15. The molecule has 162 valence electrons. The second-order valence-corrected chi connectivity index (χ2v) is 11.3. The van der Waals surface area contributed by atoms with E-state index < -0.39 is 20.0 Å². The van der Waals surface area contributed by atoms with Crippen LogP contribution in [-0.2, 0) is 20.0 Å². The van der Waals surface area contributed by atoms with Crippen molar-refractivity contribution in [1.82, 2.24) is 0 Å². The number of thiophene rings is 1. The number of hydrogen-bond donors (Lipinski definition) is 2. The standard InChI is InChI=1S/C22H17N3O4S3/c1-15-6-12-18(13-7-15)31(26,27)24-16-8-10-17(11-9-16)25-32(28,29)22-19-4-2-3-5-20(19)30-21(22)14-23/h2-13,24-25H,1H3. The van der Waals surface area contributed by atoms with Crippen molar-refractivity contribution in [2.24, 2.45) is 0 Å². The summed E-state index contributed by atoms with van der Waals surface area (Å²) in [7, 11) is -7.81. The normalized spacial score (nSPS) is 11.8. The molecule has 32 heavy (non-hydrogen) atoms. The first-order valence-corrected chi connectivity index (χ1v) is 13.1. The van der Waals surface area contributed by atoms with Gasteiger partial charge in [-0.25, -0.2) is 16.8 Å². The SMILES string of the molecule is Cc1ccc(S(=O)(=O)Nc2ccc(NS(=O)(=O)c3c(C#N)sc4ccccc34)cc2)cc1. The van der Waals surface area contributed by atoms with Gasteiger partial charge >= 0.3 is 0 Å². The molecule has 2 N–H and O–H groups in total. The number of nitriles is 1. The quantitative estimate of drug-likeness (QED) is 0.413. The van der Waals surface area contributed by atoms with Crippen LogP contribution in [0.4, 0.5) is 11.4 Å². The number of rotatable bonds is 6. The summed E-state index contributed by atoms with van der Waals surface area (Å²) in [4.78, 5) is 0.159. The molecule has 0 fully saturated rings. The lowest BCUT2D eigenvalue weighted by molar-refractivity contribution is 0.599. The zero-order valence-electron chi connectivity index (χ0n) is 16.7. The lowest BCUT2D eigenvalue weighted by Gasteiger charge is -2.11. The molecule has 0 bridgehead atoms. The second kappa shape index (κ2) is 8.27. The third-order valence-corrected chi connectivity index (χ3v) is 8.71. The van der Waals surface area contributed by atoms with Crippen molar-refractivity contribution in [1.29, 1.82) is 5.26 Å². The van der Waals surface area contributed by atoms with E-state index in [0.29, 0.717) is 10.1 Å². The summed E-state index contributed by atoms with van der Waals surface area (Å²) < 4.78 is 56.7. The Morgan fingerprint density at radius 2 is 1.34 bits per heavy atom. The Morgan fingerprint density at radius 3 is 1.94 bits per heavy atom. The average molecular weight is 484 g/mol. The second-order valence-electron chi connectivity index (χ2n) is 6.97. The first-order valence-electron chi connectivity index (χ1n) is 9.34. The van der Waals surface area contributed by atoms with E-state index in [2.05, 4.69) is 9.44 Å². The van der Waals surface area contributed by atoms with Gasteiger partial charge in [-0.15, -0.1) is 11.3 Å². The minimum absolute atomic E-state index is 0.0650. The first-order chi connectivity index (χ1) is 15.2. The molecular weight excluding hydrogens is 466 g/mol. The lowest BCUT2D eigenvalue weighted by Crippen LogP contribution is -2.14. The van der Waals surface area contributed by atoms with Gasteiger partial charge < -0.3 is 0 Å². The van der Waals surface area contributed by atoms with Gasteiger partial charge in [0, 0.05) is 21.5 Å². The molecule has 4 aromatic rings. The Kier molecular flexibility index (Phi) is 5.64. The van der Waals surface area contributed by atoms with Gasteiger partial charge in [-0.1, -0.05) is 35.9 Å². The van der Waals surface area contributed by atoms with Crippen LogP contribution < -0.4 is 9.44 Å². The van der Waals surface area contributed by atoms with Crippen LogP contribution in [0.25, 0.3) is 10.1 Å². The summed E-state index contributed by atoms with van der Waals surface area (Å²) in [6.07, 6.45) is 0. The minimum Gasteiger partial charge on any atom is -0.280 e. The fraction of sp³-hybridized carbons (Fsp3) is 0.0455. The highest BCUT2D eigenvalue weighted by molar-refractivity contribution is 7.93. The van der Waals surface area contributed by atoms with E-state index in [1.807, 2.05) is 13.0 Å². The highest BCUT2D eigenvalue weighted by Crippen LogP contribution is 2.35. The topological polar surface area (TPSA) is 116 Å². The molecule has 0 radical (unpaired) electrons. The van der Waals surface area contributed by atoms with Gasteiger partial charge in [0.15, 0.2) is 0 Å². The maximum absolute atomic E-state index is 13.0. The molecule has 1 heterocycles. The van der Waals surface area contributed by atoms with Gasteiger partial charge in [0.1, 0.15) is 15.8 Å². The number of anilines is 2. The van der Waals surface area contributed by atoms with Crippen molar-refractivity contribution in [2.45, 2.75) is 16.7 Å². The molecule has 0 saturated heterocycles. The summed E-state index contributed by atoms with van der Waals surface area (Å²) in [5.41, 5.74) is 1.47. The van der Waals surface area contributed by atoms with Crippen molar-refractivity contribution < 1.29 is 16.8 Å². The molecule has 3 aromatic carbocycles. The first kappa shape index (κ1) is 21.8. The van der Waals surface area contributed by atoms with Crippen molar-refractivity contribution >= 4 is 52.8 Å². The van der Waals surface area contributed by atoms with E-state index in [-0.39, 0.29) is 26.0 Å². The van der Waals surface area contributed by atoms with Gasteiger partial charge in [0.25, 0.3) is 20.0 Å². The number of nitrogens with one attached hydrogen (secondary N) is 2. The Morgan fingerprint density at radius 1 is 0.781 bits per heavy atom. The molecule has 0 aliphatic rings. The monoisotopic (exact) mass is 483 g/mol. The summed E-state index contributed by atoms with van der Waals surface area (Å²) in [6.45, 7) is 1.86. The molecule has 0 aliphatic carbocycles. The van der Waals surface area contributed by atoms with Crippen LogP contribution in [0.3, 0.4) is 0 Å². The molecule has 0 spiro atoms. The van der Waals surface area contributed by atoms with E-state index in [1.54, 1.807) is 36.4 Å². The van der Waals surface area contributed by atoms with Crippen molar-refractivity contribution in [3.63, 3.8) is 0 Å². The molecular formula is C22H17N3O4S3. The molecule has 0 amide bonds. The molecule has 0 saturated carbocycles. The summed E-state index contributed by atoms with van der Waals surface area (Å²) in [5.74, 6) is 0. The number of nitrogens with zero attached hydrogens (tertiary/aromatic N) is 1. The fourth-order valence-electron chi connectivity index (χ4n) is 3.11. The van der Waals surface area contributed by atoms with Crippen LogP contribution in [0.5, 0.6) is 0 Å². The molecule has 0 aliphatic heterocycles. The molecule has 0 atom stereocenters. The van der Waals surface area contributed by atoms with Gasteiger partial charge in [0.2, 0.25) is 0 Å². The van der Waals surface area contributed by atoms with Crippen molar-refractivity contribution in [3.8, 4) is 6.07 Å². The van der Waals surface area contributed by atoms with Crippen molar-refractivity contribution in [2.75, 3.05) is 9.44 Å².